The van der Waals surface area contributed by atoms with Crippen LogP contribution < -0.4 is 0 Å². The lowest BCUT2D eigenvalue weighted by Crippen LogP contribution is -2.10. The second-order valence-electron chi connectivity index (χ2n) is 2.72. The summed E-state index contributed by atoms with van der Waals surface area (Å²) in [6, 6.07) is 5.82. The molecule has 0 N–H and O–H groups in total. The molecule has 0 amide bonds. The van der Waals surface area contributed by atoms with Crippen molar-refractivity contribution in [2.24, 2.45) is 0 Å². The van der Waals surface area contributed by atoms with Gasteiger partial charge < -0.3 is 0 Å². The van der Waals surface area contributed by atoms with Gasteiger partial charge in [-0.25, -0.2) is 0 Å². The Kier molecular flexibility index (Phi) is 3.72. The van der Waals surface area contributed by atoms with Crippen LogP contribution in [-0.4, -0.2) is 11.9 Å². The quantitative estimate of drug-likeness (QED) is 0.700. The van der Waals surface area contributed by atoms with E-state index in [1.807, 2.05) is 0 Å². The summed E-state index contributed by atoms with van der Waals surface area (Å²) in [5.41, 5.74) is 0.715. The maximum Gasteiger partial charge on any atom is 0.398 e. The molecule has 0 fully saturated rings. The topological polar surface area (TPSA) is 0 Å². The van der Waals surface area contributed by atoms with E-state index in [0.29, 0.717) is 27.2 Å². The average molecular weight is 240 g/mol. The zero-order chi connectivity index (χ0) is 10.8. The van der Waals surface area contributed by atoms with Gasteiger partial charge in [-0.1, -0.05) is 17.7 Å². The van der Waals surface area contributed by atoms with Gasteiger partial charge in [0.25, 0.3) is 0 Å². The van der Waals surface area contributed by atoms with Gasteiger partial charge in [-0.2, -0.15) is 13.2 Å². The Balaban J connectivity index is 2.77. The van der Waals surface area contributed by atoms with Gasteiger partial charge in [-0.3, -0.25) is 0 Å². The maximum atomic E-state index is 11.9. The second-order valence-corrected chi connectivity index (χ2v) is 4.11. The number of halogens is 4. The van der Waals surface area contributed by atoms with Crippen molar-refractivity contribution in [3.05, 3.63) is 28.8 Å². The molecule has 0 aromatic heterocycles. The van der Waals surface area contributed by atoms with Gasteiger partial charge in [0.05, 0.1) is 10.8 Å². The van der Waals surface area contributed by atoms with Gasteiger partial charge in [0.2, 0.25) is 0 Å². The molecule has 5 heteroatoms. The van der Waals surface area contributed by atoms with E-state index in [4.69, 9.17) is 11.6 Å². The van der Waals surface area contributed by atoms with Crippen LogP contribution in [-0.2, 0) is 0 Å². The van der Waals surface area contributed by atoms with Crippen molar-refractivity contribution in [3.63, 3.8) is 0 Å². The fourth-order valence-electron chi connectivity index (χ4n) is 0.896. The third kappa shape index (κ3) is 3.42. The fourth-order valence-corrected chi connectivity index (χ4v) is 2.06. The molecule has 0 heterocycles. The molecule has 1 aromatic rings. The van der Waals surface area contributed by atoms with E-state index < -0.39 is 11.9 Å². The van der Waals surface area contributed by atoms with Gasteiger partial charge in [0, 0.05) is 4.90 Å². The predicted octanol–water partition coefficient (Wildman–Crippen LogP) is 4.10. The monoisotopic (exact) mass is 239 g/mol. The Hall–Kier alpha value is -0.350. The van der Waals surface area contributed by atoms with Gasteiger partial charge in [0.15, 0.2) is 0 Å². The maximum absolute atomic E-state index is 11.9. The Bertz CT molecular complexity index is 302. The van der Waals surface area contributed by atoms with Crippen LogP contribution in [0.3, 0.4) is 0 Å². The minimum absolute atomic E-state index is 0.319. The highest BCUT2D eigenvalue weighted by molar-refractivity contribution is 7.99. The third-order valence-corrected chi connectivity index (χ3v) is 3.18. The molecule has 0 saturated heterocycles. The molecule has 1 aromatic carbocycles. The highest BCUT2D eigenvalue weighted by Gasteiger charge is 2.27. The number of thioether (sulfide) groups is 1. The normalized spacial score (nSPS) is 11.8. The van der Waals surface area contributed by atoms with Crippen LogP contribution in [0.15, 0.2) is 17.0 Å². The van der Waals surface area contributed by atoms with Crippen molar-refractivity contribution in [2.45, 2.75) is 18.0 Å². The molecule has 0 spiro atoms. The molecule has 0 aliphatic heterocycles. The van der Waals surface area contributed by atoms with Crippen molar-refractivity contribution in [3.8, 4) is 0 Å². The van der Waals surface area contributed by atoms with E-state index in [-0.39, 0.29) is 0 Å². The SMILES string of the molecule is Cc1c[c]cc(Cl)c1SCC(F)(F)F. The van der Waals surface area contributed by atoms with Gasteiger partial charge >= 0.3 is 6.18 Å². The number of hydrogen-bond donors (Lipinski definition) is 0. The van der Waals surface area contributed by atoms with Crippen LogP contribution in [0.1, 0.15) is 5.56 Å². The van der Waals surface area contributed by atoms with Gasteiger partial charge in [-0.05, 0) is 24.6 Å². The first-order valence-corrected chi connectivity index (χ1v) is 5.12. The molecule has 1 radical (unpaired) electrons. The average Bonchev–Trinajstić information content (AvgIpc) is 2.01. The fraction of sp³-hybridized carbons (Fsp3) is 0.333. The molecule has 0 bridgehead atoms. The van der Waals surface area contributed by atoms with Crippen LogP contribution in [0.2, 0.25) is 5.02 Å². The molecule has 77 valence electrons. The van der Waals surface area contributed by atoms with Crippen molar-refractivity contribution >= 4 is 23.4 Å². The number of rotatable bonds is 2. The van der Waals surface area contributed by atoms with E-state index in [1.165, 1.54) is 6.07 Å². The van der Waals surface area contributed by atoms with E-state index in [0.717, 1.165) is 0 Å². The third-order valence-electron chi connectivity index (χ3n) is 1.47. The Morgan fingerprint density at radius 3 is 2.57 bits per heavy atom. The van der Waals surface area contributed by atoms with E-state index in [9.17, 15) is 13.2 Å². The zero-order valence-electron chi connectivity index (χ0n) is 7.28. The lowest BCUT2D eigenvalue weighted by Gasteiger charge is -2.09. The summed E-state index contributed by atoms with van der Waals surface area (Å²) in [4.78, 5) is 0.475. The van der Waals surface area contributed by atoms with Gasteiger partial charge in [-0.15, -0.1) is 11.8 Å². The Morgan fingerprint density at radius 1 is 1.43 bits per heavy atom. The number of aryl methyl sites for hydroxylation is 1. The minimum atomic E-state index is -4.17. The summed E-state index contributed by atoms with van der Waals surface area (Å²) in [7, 11) is 0. The Labute approximate surface area is 89.4 Å². The first-order valence-electron chi connectivity index (χ1n) is 3.76. The molecular weight excluding hydrogens is 233 g/mol. The lowest BCUT2D eigenvalue weighted by atomic mass is 10.2. The molecule has 0 aliphatic carbocycles. The summed E-state index contributed by atoms with van der Waals surface area (Å²) in [6.45, 7) is 1.71. The van der Waals surface area contributed by atoms with Crippen LogP contribution in [0, 0.1) is 13.0 Å². The molecule has 0 nitrogen and oxygen atoms in total. The van der Waals surface area contributed by atoms with E-state index in [2.05, 4.69) is 6.07 Å². The summed E-state index contributed by atoms with van der Waals surface area (Å²) < 4.78 is 35.8. The number of benzene rings is 1. The van der Waals surface area contributed by atoms with Gasteiger partial charge in [0.1, 0.15) is 0 Å². The number of alkyl halides is 3. The van der Waals surface area contributed by atoms with Crippen molar-refractivity contribution in [1.82, 2.24) is 0 Å². The molecule has 0 saturated carbocycles. The largest absolute Gasteiger partial charge is 0.398 e. The number of hydrogen-bond acceptors (Lipinski definition) is 1. The molecule has 14 heavy (non-hydrogen) atoms. The predicted molar refractivity (Wildman–Crippen MR) is 51.8 cm³/mol. The molecular formula is C9H7ClF3S. The Morgan fingerprint density at radius 2 is 2.07 bits per heavy atom. The summed E-state index contributed by atoms with van der Waals surface area (Å²) >= 11 is 6.44. The van der Waals surface area contributed by atoms with Crippen molar-refractivity contribution in [2.75, 3.05) is 5.75 Å². The second kappa shape index (κ2) is 4.45. The standard InChI is InChI=1S/C9H7ClF3S/c1-6-3-2-4-7(10)8(6)14-5-9(11,12)13/h3-4H,5H2,1H3. The first kappa shape index (κ1) is 11.7. The lowest BCUT2D eigenvalue weighted by molar-refractivity contribution is -0.105. The molecule has 1 rings (SSSR count). The molecule has 0 atom stereocenters. The summed E-state index contributed by atoms with van der Waals surface area (Å²) in [6.07, 6.45) is -4.17. The van der Waals surface area contributed by atoms with Crippen LogP contribution in [0.25, 0.3) is 0 Å². The van der Waals surface area contributed by atoms with Crippen LogP contribution in [0.4, 0.5) is 13.2 Å². The zero-order valence-corrected chi connectivity index (χ0v) is 8.85. The minimum Gasteiger partial charge on any atom is -0.170 e. The van der Waals surface area contributed by atoms with E-state index in [1.54, 1.807) is 13.0 Å². The smallest absolute Gasteiger partial charge is 0.170 e. The molecule has 0 aliphatic rings. The van der Waals surface area contributed by atoms with Crippen molar-refractivity contribution in [1.29, 1.82) is 0 Å². The highest BCUT2D eigenvalue weighted by Crippen LogP contribution is 2.33. The summed E-state index contributed by atoms with van der Waals surface area (Å²) in [5.74, 6) is -0.919. The first-order chi connectivity index (χ1) is 6.40. The molecule has 0 unspecified atom stereocenters. The summed E-state index contributed by atoms with van der Waals surface area (Å²) in [5, 5.41) is 0.319. The van der Waals surface area contributed by atoms with Crippen molar-refractivity contribution < 1.29 is 13.2 Å². The van der Waals surface area contributed by atoms with Crippen LogP contribution in [0.5, 0.6) is 0 Å². The van der Waals surface area contributed by atoms with Crippen LogP contribution >= 0.6 is 23.4 Å². The van der Waals surface area contributed by atoms with E-state index >= 15 is 0 Å². The highest BCUT2D eigenvalue weighted by atomic mass is 35.5.